The molecular weight excluding hydrogens is 469 g/mol. The molecule has 0 bridgehead atoms. The first kappa shape index (κ1) is 24.6. The Morgan fingerprint density at radius 2 is 1.00 bits per heavy atom. The number of carboxylic acids is 2. The summed E-state index contributed by atoms with van der Waals surface area (Å²) in [4.78, 5) is 45.1. The van der Waals surface area contributed by atoms with Crippen molar-refractivity contribution < 1.29 is 29.4 Å². The largest absolute Gasteiger partial charge is 0.480 e. The van der Waals surface area contributed by atoms with Crippen LogP contribution in [0.4, 0.5) is 0 Å². The third-order valence-corrected chi connectivity index (χ3v) is 3.74. The van der Waals surface area contributed by atoms with Crippen molar-refractivity contribution in [1.82, 2.24) is 10.6 Å². The highest BCUT2D eigenvalue weighted by Gasteiger charge is 2.35. The highest BCUT2D eigenvalue weighted by atomic mass is 35.6. The zero-order valence-corrected chi connectivity index (χ0v) is 16.6. The lowest BCUT2D eigenvalue weighted by atomic mass is 10.1. The van der Waals surface area contributed by atoms with Crippen LogP contribution in [0.5, 0.6) is 0 Å². The summed E-state index contributed by atoms with van der Waals surface area (Å²) in [5.41, 5.74) is 0. The number of hydrogen-bond donors (Lipinski definition) is 4. The maximum Gasteiger partial charge on any atom is 0.326 e. The third kappa shape index (κ3) is 9.77. The first-order valence-electron chi connectivity index (χ1n) is 6.37. The number of hydrogen-bond acceptors (Lipinski definition) is 4. The maximum atomic E-state index is 11.5. The molecule has 0 aliphatic heterocycles. The predicted octanol–water partition coefficient (Wildman–Crippen LogP) is 2.04. The molecule has 0 saturated heterocycles. The van der Waals surface area contributed by atoms with Crippen molar-refractivity contribution in [3.63, 3.8) is 0 Å². The smallest absolute Gasteiger partial charge is 0.326 e. The van der Waals surface area contributed by atoms with Gasteiger partial charge in [-0.05, 0) is 19.3 Å². The van der Waals surface area contributed by atoms with Crippen molar-refractivity contribution in [3.8, 4) is 0 Å². The highest BCUT2D eigenvalue weighted by molar-refractivity contribution is 6.76. The number of halogens is 6. The monoisotopic (exact) mass is 478 g/mol. The van der Waals surface area contributed by atoms with Crippen LogP contribution in [-0.2, 0) is 19.2 Å². The average molecular weight is 481 g/mol. The van der Waals surface area contributed by atoms with E-state index in [4.69, 9.17) is 79.8 Å². The van der Waals surface area contributed by atoms with Crippen molar-refractivity contribution in [2.24, 2.45) is 0 Å². The van der Waals surface area contributed by atoms with Crippen molar-refractivity contribution in [3.05, 3.63) is 0 Å². The van der Waals surface area contributed by atoms with Gasteiger partial charge in [0.1, 0.15) is 12.1 Å². The molecule has 0 aromatic heterocycles. The minimum atomic E-state index is -2.35. The standard InChI is InChI=1S/C11H12Cl6N2O6/c12-10(13,14)8(24)18-4(6(20)21)2-1-3-5(7(22)23)19-9(25)11(15,16)17/h4-5H,1-3H2,(H,18,24)(H,19,25)(H,20,21)(H,22,23)/t4-,5-/m0/s1. The predicted molar refractivity (Wildman–Crippen MR) is 93.6 cm³/mol. The van der Waals surface area contributed by atoms with Crippen molar-refractivity contribution in [2.75, 3.05) is 0 Å². The molecular formula is C11H12Cl6N2O6. The Bertz CT molecular complexity index is 486. The summed E-state index contributed by atoms with van der Waals surface area (Å²) in [6.07, 6.45) is -0.432. The normalized spacial score (nSPS) is 14.3. The van der Waals surface area contributed by atoms with Crippen LogP contribution in [0, 0.1) is 0 Å². The molecule has 8 nitrogen and oxygen atoms in total. The molecule has 0 aliphatic rings. The Kier molecular flexibility index (Phi) is 9.93. The van der Waals surface area contributed by atoms with Crippen LogP contribution < -0.4 is 10.6 Å². The molecule has 144 valence electrons. The minimum Gasteiger partial charge on any atom is -0.480 e. The summed E-state index contributed by atoms with van der Waals surface area (Å²) in [5.74, 6) is -5.13. The Labute approximate surface area is 172 Å². The fourth-order valence-electron chi connectivity index (χ4n) is 1.52. The lowest BCUT2D eigenvalue weighted by molar-refractivity contribution is -0.142. The molecule has 0 saturated carbocycles. The van der Waals surface area contributed by atoms with Crippen LogP contribution in [0.1, 0.15) is 19.3 Å². The number of carbonyl (C=O) groups is 4. The van der Waals surface area contributed by atoms with Gasteiger partial charge in [-0.2, -0.15) is 0 Å². The van der Waals surface area contributed by atoms with Gasteiger partial charge in [0.2, 0.25) is 0 Å². The number of alkyl halides is 6. The molecule has 0 aromatic carbocycles. The topological polar surface area (TPSA) is 133 Å². The molecule has 0 spiro atoms. The van der Waals surface area contributed by atoms with Crippen LogP contribution in [-0.4, -0.2) is 53.6 Å². The van der Waals surface area contributed by atoms with Gasteiger partial charge in [0, 0.05) is 0 Å². The highest BCUT2D eigenvalue weighted by Crippen LogP contribution is 2.27. The number of nitrogens with one attached hydrogen (secondary N) is 2. The zero-order valence-electron chi connectivity index (χ0n) is 12.1. The number of carboxylic acid groups (broad SMARTS) is 2. The van der Waals surface area contributed by atoms with Gasteiger partial charge < -0.3 is 20.8 Å². The molecule has 4 N–H and O–H groups in total. The second-order valence-electron chi connectivity index (χ2n) is 4.65. The molecule has 0 aliphatic carbocycles. The van der Waals surface area contributed by atoms with Gasteiger partial charge >= 0.3 is 11.9 Å². The summed E-state index contributed by atoms with van der Waals surface area (Å²) < 4.78 is -4.70. The Morgan fingerprint density at radius 1 is 0.720 bits per heavy atom. The number of carbonyl (C=O) groups excluding carboxylic acids is 2. The summed E-state index contributed by atoms with van der Waals surface area (Å²) in [6, 6.07) is -2.86. The Balaban J connectivity index is 4.72. The van der Waals surface area contributed by atoms with E-state index in [0.717, 1.165) is 0 Å². The molecule has 2 atom stereocenters. The van der Waals surface area contributed by atoms with E-state index in [9.17, 15) is 19.2 Å². The SMILES string of the molecule is O=C(O)[C@H](CCC[C@H](NC(=O)C(Cl)(Cl)Cl)C(=O)O)NC(=O)C(Cl)(Cl)Cl. The summed E-state index contributed by atoms with van der Waals surface area (Å²) >= 11 is 31.9. The summed E-state index contributed by atoms with van der Waals surface area (Å²) in [6.45, 7) is 0. The summed E-state index contributed by atoms with van der Waals surface area (Å²) in [5, 5.41) is 22.0. The van der Waals surface area contributed by atoms with Gasteiger partial charge in [0.05, 0.1) is 0 Å². The van der Waals surface area contributed by atoms with E-state index < -0.39 is 43.4 Å². The molecule has 0 unspecified atom stereocenters. The van der Waals surface area contributed by atoms with E-state index in [-0.39, 0.29) is 19.3 Å². The van der Waals surface area contributed by atoms with E-state index in [2.05, 4.69) is 0 Å². The first-order chi connectivity index (χ1) is 11.2. The van der Waals surface area contributed by atoms with Crippen LogP contribution in [0.25, 0.3) is 0 Å². The fourth-order valence-corrected chi connectivity index (χ4v) is 1.85. The molecule has 0 aromatic rings. The van der Waals surface area contributed by atoms with Gasteiger partial charge in [0.25, 0.3) is 19.4 Å². The number of rotatable bonds is 8. The molecule has 0 fully saturated rings. The van der Waals surface area contributed by atoms with E-state index in [0.29, 0.717) is 0 Å². The Hall–Kier alpha value is -0.380. The second-order valence-corrected chi connectivity index (χ2v) is 9.22. The van der Waals surface area contributed by atoms with Gasteiger partial charge in [-0.15, -0.1) is 0 Å². The second kappa shape index (κ2) is 10.1. The first-order valence-corrected chi connectivity index (χ1v) is 8.64. The lowest BCUT2D eigenvalue weighted by Gasteiger charge is -2.20. The van der Waals surface area contributed by atoms with Crippen LogP contribution in [0.3, 0.4) is 0 Å². The summed E-state index contributed by atoms with van der Waals surface area (Å²) in [7, 11) is 0. The van der Waals surface area contributed by atoms with E-state index >= 15 is 0 Å². The number of amides is 2. The zero-order chi connectivity index (χ0) is 20.0. The van der Waals surface area contributed by atoms with Gasteiger partial charge in [-0.1, -0.05) is 69.6 Å². The molecule has 25 heavy (non-hydrogen) atoms. The van der Waals surface area contributed by atoms with Crippen LogP contribution in [0.15, 0.2) is 0 Å². The molecule has 14 heteroatoms. The van der Waals surface area contributed by atoms with Crippen LogP contribution in [0.2, 0.25) is 0 Å². The quantitative estimate of drug-likeness (QED) is 0.393. The van der Waals surface area contributed by atoms with Crippen molar-refractivity contribution in [2.45, 2.75) is 38.9 Å². The molecule has 0 radical (unpaired) electrons. The van der Waals surface area contributed by atoms with E-state index in [1.807, 2.05) is 10.6 Å². The average Bonchev–Trinajstić information content (AvgIpc) is 2.41. The van der Waals surface area contributed by atoms with Gasteiger partial charge in [-0.25, -0.2) is 9.59 Å². The molecule has 2 amide bonds. The van der Waals surface area contributed by atoms with Gasteiger partial charge in [-0.3, -0.25) is 9.59 Å². The Morgan fingerprint density at radius 3 is 1.20 bits per heavy atom. The van der Waals surface area contributed by atoms with Crippen molar-refractivity contribution >= 4 is 93.4 Å². The van der Waals surface area contributed by atoms with Gasteiger partial charge in [0.15, 0.2) is 0 Å². The fraction of sp³-hybridized carbons (Fsp3) is 0.636. The molecule has 0 rings (SSSR count). The van der Waals surface area contributed by atoms with E-state index in [1.54, 1.807) is 0 Å². The minimum absolute atomic E-state index is 0.0335. The van der Waals surface area contributed by atoms with Crippen LogP contribution >= 0.6 is 69.6 Å². The van der Waals surface area contributed by atoms with Crippen molar-refractivity contribution in [1.29, 1.82) is 0 Å². The third-order valence-electron chi connectivity index (χ3n) is 2.71. The van der Waals surface area contributed by atoms with E-state index in [1.165, 1.54) is 0 Å². The lowest BCUT2D eigenvalue weighted by Crippen LogP contribution is -2.47. The maximum absolute atomic E-state index is 11.5. The number of aliphatic carboxylic acids is 2. The molecule has 0 heterocycles.